The summed E-state index contributed by atoms with van der Waals surface area (Å²) in [4.78, 5) is 35.8. The number of nitrogens with zero attached hydrogens (tertiary/aromatic N) is 1. The van der Waals surface area contributed by atoms with Crippen LogP contribution in [-0.2, 0) is 14.3 Å². The Morgan fingerprint density at radius 3 is 2.43 bits per heavy atom. The van der Waals surface area contributed by atoms with Crippen LogP contribution in [-0.4, -0.2) is 66.2 Å². The van der Waals surface area contributed by atoms with Gasteiger partial charge in [0.25, 0.3) is 0 Å². The Labute approximate surface area is 129 Å². The molecular formula is C13H24N2O5S. The van der Waals surface area contributed by atoms with E-state index in [-0.39, 0.29) is 18.9 Å². The molecule has 0 radical (unpaired) electrons. The molecule has 0 bridgehead atoms. The topological polar surface area (TPSA) is 95.9 Å². The quantitative estimate of drug-likeness (QED) is 0.619. The Kier molecular flexibility index (Phi) is 9.60. The molecule has 122 valence electrons. The molecule has 0 rings (SSSR count). The van der Waals surface area contributed by atoms with E-state index in [1.165, 1.54) is 12.0 Å². The zero-order valence-corrected chi connectivity index (χ0v) is 13.7. The predicted octanol–water partition coefficient (Wildman–Crippen LogP) is 1.18. The largest absolute Gasteiger partial charge is 0.480 e. The second-order valence-corrected chi connectivity index (χ2v) is 5.49. The Balaban J connectivity index is 4.58. The number of thioether (sulfide) groups is 1. The van der Waals surface area contributed by atoms with Gasteiger partial charge < -0.3 is 20.1 Å². The van der Waals surface area contributed by atoms with Crippen LogP contribution in [0.15, 0.2) is 0 Å². The molecule has 0 aromatic heterocycles. The van der Waals surface area contributed by atoms with Crippen LogP contribution in [0.5, 0.6) is 0 Å². The molecule has 0 aromatic carbocycles. The summed E-state index contributed by atoms with van der Waals surface area (Å²) in [5, 5.41) is 11.5. The highest BCUT2D eigenvalue weighted by atomic mass is 32.2. The number of carbonyl (C=O) groups is 3. The van der Waals surface area contributed by atoms with E-state index in [0.717, 1.165) is 12.2 Å². The lowest BCUT2D eigenvalue weighted by molar-refractivity contribution is -0.142. The monoisotopic (exact) mass is 320 g/mol. The third-order valence-corrected chi connectivity index (χ3v) is 3.88. The molecule has 2 atom stereocenters. The molecule has 7 nitrogen and oxygen atoms in total. The summed E-state index contributed by atoms with van der Waals surface area (Å²) >= 11 is 1.62. The van der Waals surface area contributed by atoms with Gasteiger partial charge in [-0.3, -0.25) is 4.79 Å². The summed E-state index contributed by atoms with van der Waals surface area (Å²) < 4.78 is 4.46. The molecule has 0 saturated heterocycles. The third kappa shape index (κ3) is 7.22. The standard InChI is InChI=1S/C13H24N2O5S/c1-5-9(8-21-4)15(2)13(19)14-10(12(17)18)6-7-11(16)20-3/h9-10H,5-8H2,1-4H3,(H,14,19)(H,17,18)/t9?,10-/m1/s1. The van der Waals surface area contributed by atoms with Crippen LogP contribution in [0.3, 0.4) is 0 Å². The van der Waals surface area contributed by atoms with Crippen LogP contribution >= 0.6 is 11.8 Å². The second kappa shape index (κ2) is 10.3. The van der Waals surface area contributed by atoms with Gasteiger partial charge >= 0.3 is 18.0 Å². The molecule has 2 amide bonds. The average Bonchev–Trinajstić information content (AvgIpc) is 2.47. The maximum absolute atomic E-state index is 12.1. The van der Waals surface area contributed by atoms with Crippen molar-refractivity contribution < 1.29 is 24.2 Å². The number of methoxy groups -OCH3 is 1. The molecule has 8 heteroatoms. The Hall–Kier alpha value is -1.44. The minimum absolute atomic E-state index is 0.000899. The van der Waals surface area contributed by atoms with E-state index < -0.39 is 24.0 Å². The number of carbonyl (C=O) groups excluding carboxylic acids is 2. The molecule has 0 saturated carbocycles. The number of urea groups is 1. The number of nitrogens with one attached hydrogen (secondary N) is 1. The Bertz CT molecular complexity index is 364. The number of rotatable bonds is 9. The summed E-state index contributed by atoms with van der Waals surface area (Å²) in [6, 6.07) is -1.52. The van der Waals surface area contributed by atoms with Crippen molar-refractivity contribution in [3.63, 3.8) is 0 Å². The molecule has 0 fully saturated rings. The van der Waals surface area contributed by atoms with Crippen molar-refractivity contribution in [1.29, 1.82) is 0 Å². The van der Waals surface area contributed by atoms with E-state index in [9.17, 15) is 14.4 Å². The SMILES string of the molecule is CCC(CSC)N(C)C(=O)N[C@H](CCC(=O)OC)C(=O)O. The lowest BCUT2D eigenvalue weighted by atomic mass is 10.1. The van der Waals surface area contributed by atoms with Crippen molar-refractivity contribution in [2.24, 2.45) is 0 Å². The normalized spacial score (nSPS) is 13.1. The molecule has 1 unspecified atom stereocenters. The van der Waals surface area contributed by atoms with E-state index in [1.807, 2.05) is 13.2 Å². The van der Waals surface area contributed by atoms with Gasteiger partial charge in [-0.05, 0) is 19.1 Å². The highest BCUT2D eigenvalue weighted by Gasteiger charge is 2.25. The van der Waals surface area contributed by atoms with Crippen molar-refractivity contribution in [3.05, 3.63) is 0 Å². The number of aliphatic carboxylic acids is 1. The zero-order chi connectivity index (χ0) is 16.4. The second-order valence-electron chi connectivity index (χ2n) is 4.58. The van der Waals surface area contributed by atoms with Crippen molar-refractivity contribution in [1.82, 2.24) is 10.2 Å². The van der Waals surface area contributed by atoms with Crippen LogP contribution < -0.4 is 5.32 Å². The fourth-order valence-electron chi connectivity index (χ4n) is 1.73. The predicted molar refractivity (Wildman–Crippen MR) is 81.4 cm³/mol. The minimum atomic E-state index is -1.17. The Morgan fingerprint density at radius 1 is 1.38 bits per heavy atom. The molecule has 0 aliphatic rings. The molecule has 0 aliphatic carbocycles. The summed E-state index contributed by atoms with van der Waals surface area (Å²) in [6.07, 6.45) is 2.68. The fraction of sp³-hybridized carbons (Fsp3) is 0.769. The lowest BCUT2D eigenvalue weighted by Gasteiger charge is -2.28. The van der Waals surface area contributed by atoms with Gasteiger partial charge in [0.1, 0.15) is 6.04 Å². The summed E-state index contributed by atoms with van der Waals surface area (Å²) in [6.45, 7) is 1.97. The van der Waals surface area contributed by atoms with E-state index in [1.54, 1.807) is 18.8 Å². The average molecular weight is 320 g/mol. The number of esters is 1. The summed E-state index contributed by atoms with van der Waals surface area (Å²) in [5.74, 6) is -0.892. The van der Waals surface area contributed by atoms with Gasteiger partial charge in [0.05, 0.1) is 7.11 Å². The highest BCUT2D eigenvalue weighted by molar-refractivity contribution is 7.98. The van der Waals surface area contributed by atoms with Gasteiger partial charge in [0, 0.05) is 25.3 Å². The van der Waals surface area contributed by atoms with Gasteiger partial charge in [-0.1, -0.05) is 6.92 Å². The number of ether oxygens (including phenoxy) is 1. The van der Waals surface area contributed by atoms with Gasteiger partial charge in [-0.2, -0.15) is 11.8 Å². The van der Waals surface area contributed by atoms with E-state index in [2.05, 4.69) is 10.1 Å². The van der Waals surface area contributed by atoms with Crippen molar-refractivity contribution >= 4 is 29.7 Å². The van der Waals surface area contributed by atoms with Crippen LogP contribution in [0.2, 0.25) is 0 Å². The van der Waals surface area contributed by atoms with Crippen LogP contribution in [0.1, 0.15) is 26.2 Å². The number of amides is 2. The highest BCUT2D eigenvalue weighted by Crippen LogP contribution is 2.09. The maximum atomic E-state index is 12.1. The number of hydrogen-bond donors (Lipinski definition) is 2. The van der Waals surface area contributed by atoms with Crippen molar-refractivity contribution in [3.8, 4) is 0 Å². The minimum Gasteiger partial charge on any atom is -0.480 e. The number of hydrogen-bond acceptors (Lipinski definition) is 5. The zero-order valence-electron chi connectivity index (χ0n) is 12.9. The smallest absolute Gasteiger partial charge is 0.326 e. The van der Waals surface area contributed by atoms with E-state index in [0.29, 0.717) is 0 Å². The molecule has 0 aromatic rings. The Morgan fingerprint density at radius 2 is 2.00 bits per heavy atom. The van der Waals surface area contributed by atoms with Crippen molar-refractivity contribution in [2.75, 3.05) is 26.2 Å². The maximum Gasteiger partial charge on any atom is 0.326 e. The van der Waals surface area contributed by atoms with Crippen LogP contribution in [0.25, 0.3) is 0 Å². The lowest BCUT2D eigenvalue weighted by Crippen LogP contribution is -2.50. The van der Waals surface area contributed by atoms with Crippen LogP contribution in [0, 0.1) is 0 Å². The first-order chi connectivity index (χ1) is 9.87. The molecule has 21 heavy (non-hydrogen) atoms. The van der Waals surface area contributed by atoms with E-state index in [4.69, 9.17) is 5.11 Å². The molecule has 0 heterocycles. The molecule has 0 aliphatic heterocycles. The van der Waals surface area contributed by atoms with E-state index >= 15 is 0 Å². The van der Waals surface area contributed by atoms with Crippen LogP contribution in [0.4, 0.5) is 4.79 Å². The number of carboxylic acids is 1. The van der Waals surface area contributed by atoms with Gasteiger partial charge in [-0.15, -0.1) is 0 Å². The number of carboxylic acid groups (broad SMARTS) is 1. The first-order valence-electron chi connectivity index (χ1n) is 6.69. The fourth-order valence-corrected chi connectivity index (χ4v) is 2.58. The summed E-state index contributed by atoms with van der Waals surface area (Å²) in [7, 11) is 2.87. The first-order valence-corrected chi connectivity index (χ1v) is 8.08. The molecule has 0 spiro atoms. The van der Waals surface area contributed by atoms with Crippen molar-refractivity contribution in [2.45, 2.75) is 38.3 Å². The van der Waals surface area contributed by atoms with Gasteiger partial charge in [0.2, 0.25) is 0 Å². The van der Waals surface area contributed by atoms with Gasteiger partial charge in [-0.25, -0.2) is 9.59 Å². The summed E-state index contributed by atoms with van der Waals surface area (Å²) in [5.41, 5.74) is 0. The van der Waals surface area contributed by atoms with Gasteiger partial charge in [0.15, 0.2) is 0 Å². The molecule has 2 N–H and O–H groups in total. The molecular weight excluding hydrogens is 296 g/mol. The first kappa shape index (κ1) is 19.6. The third-order valence-electron chi connectivity index (χ3n) is 3.16.